The minimum atomic E-state index is -0.197. The second kappa shape index (κ2) is 6.83. The number of carbonyl (C=O) groups is 1. The highest BCUT2D eigenvalue weighted by Crippen LogP contribution is 2.25. The topological polar surface area (TPSA) is 50.4 Å². The lowest BCUT2D eigenvalue weighted by atomic mass is 10.1. The molecule has 0 aliphatic heterocycles. The van der Waals surface area contributed by atoms with Crippen molar-refractivity contribution in [3.05, 3.63) is 42.0 Å². The van der Waals surface area contributed by atoms with Gasteiger partial charge in [-0.25, -0.2) is 4.79 Å². The van der Waals surface area contributed by atoms with E-state index in [9.17, 15) is 4.79 Å². The van der Waals surface area contributed by atoms with Gasteiger partial charge >= 0.3 is 6.03 Å². The van der Waals surface area contributed by atoms with Gasteiger partial charge in [0.2, 0.25) is 0 Å². The molecule has 0 heterocycles. The van der Waals surface area contributed by atoms with Crippen molar-refractivity contribution in [2.45, 2.75) is 19.3 Å². The van der Waals surface area contributed by atoms with Crippen LogP contribution < -0.4 is 15.4 Å². The Morgan fingerprint density at radius 1 is 1.32 bits per heavy atom. The van der Waals surface area contributed by atoms with Crippen molar-refractivity contribution < 1.29 is 9.53 Å². The van der Waals surface area contributed by atoms with Gasteiger partial charge in [-0.2, -0.15) is 0 Å². The molecule has 0 saturated carbocycles. The molecule has 0 unspecified atom stereocenters. The molecule has 4 heteroatoms. The summed E-state index contributed by atoms with van der Waals surface area (Å²) < 4.78 is 5.62. The van der Waals surface area contributed by atoms with Gasteiger partial charge in [-0.05, 0) is 42.5 Å². The van der Waals surface area contributed by atoms with Gasteiger partial charge in [0.15, 0.2) is 0 Å². The molecular weight excluding hydrogens is 240 g/mol. The van der Waals surface area contributed by atoms with E-state index in [4.69, 9.17) is 4.74 Å². The van der Waals surface area contributed by atoms with Gasteiger partial charge in [0, 0.05) is 6.54 Å². The Labute approximate surface area is 113 Å². The lowest BCUT2D eigenvalue weighted by Crippen LogP contribution is -2.37. The summed E-state index contributed by atoms with van der Waals surface area (Å²) in [6.45, 7) is 4.96. The molecule has 1 aromatic carbocycles. The van der Waals surface area contributed by atoms with E-state index in [-0.39, 0.29) is 6.03 Å². The average molecular weight is 260 g/mol. The Hall–Kier alpha value is -1.97. The molecule has 0 aromatic heterocycles. The standard InChI is InChI=1S/C15H20N2O2/c1-2-8-16-15(18)17-9-10-19-14-7-6-12-4-3-5-13(12)11-14/h2,6-7,11H,1,3-5,8-10H2,(H2,16,17,18). The molecule has 1 aromatic rings. The Morgan fingerprint density at radius 3 is 3.00 bits per heavy atom. The first kappa shape index (κ1) is 13.5. The Bertz CT molecular complexity index is 457. The number of nitrogens with one attached hydrogen (secondary N) is 2. The Kier molecular flexibility index (Phi) is 4.84. The molecule has 0 saturated heterocycles. The lowest BCUT2D eigenvalue weighted by molar-refractivity contribution is 0.237. The number of carbonyl (C=O) groups excluding carboxylic acids is 1. The maximum Gasteiger partial charge on any atom is 0.315 e. The Morgan fingerprint density at radius 2 is 2.16 bits per heavy atom. The molecule has 2 rings (SSSR count). The van der Waals surface area contributed by atoms with Gasteiger partial charge in [-0.3, -0.25) is 0 Å². The first-order chi connectivity index (χ1) is 9.29. The lowest BCUT2D eigenvalue weighted by Gasteiger charge is -2.09. The summed E-state index contributed by atoms with van der Waals surface area (Å²) in [5, 5.41) is 5.36. The summed E-state index contributed by atoms with van der Waals surface area (Å²) >= 11 is 0. The largest absolute Gasteiger partial charge is 0.492 e. The zero-order valence-corrected chi connectivity index (χ0v) is 11.1. The van der Waals surface area contributed by atoms with Gasteiger partial charge < -0.3 is 15.4 Å². The highest BCUT2D eigenvalue weighted by molar-refractivity contribution is 5.73. The van der Waals surface area contributed by atoms with E-state index in [2.05, 4.69) is 29.3 Å². The quantitative estimate of drug-likeness (QED) is 0.607. The fraction of sp³-hybridized carbons (Fsp3) is 0.400. The maximum atomic E-state index is 11.2. The molecule has 0 radical (unpaired) electrons. The van der Waals surface area contributed by atoms with E-state index < -0.39 is 0 Å². The van der Waals surface area contributed by atoms with Crippen LogP contribution in [0.5, 0.6) is 5.75 Å². The zero-order chi connectivity index (χ0) is 13.5. The fourth-order valence-electron chi connectivity index (χ4n) is 2.20. The summed E-state index contributed by atoms with van der Waals surface area (Å²) in [6.07, 6.45) is 5.21. The van der Waals surface area contributed by atoms with Crippen LogP contribution in [0.1, 0.15) is 17.5 Å². The van der Waals surface area contributed by atoms with Crippen molar-refractivity contribution in [3.63, 3.8) is 0 Å². The minimum absolute atomic E-state index is 0.197. The van der Waals surface area contributed by atoms with E-state index in [1.807, 2.05) is 6.07 Å². The fourth-order valence-corrected chi connectivity index (χ4v) is 2.20. The number of ether oxygens (including phenoxy) is 1. The van der Waals surface area contributed by atoms with Crippen molar-refractivity contribution in [1.29, 1.82) is 0 Å². The van der Waals surface area contributed by atoms with Crippen molar-refractivity contribution in [3.8, 4) is 5.75 Å². The van der Waals surface area contributed by atoms with E-state index in [1.54, 1.807) is 6.08 Å². The van der Waals surface area contributed by atoms with Crippen LogP contribution in [-0.2, 0) is 12.8 Å². The van der Waals surface area contributed by atoms with Crippen molar-refractivity contribution >= 4 is 6.03 Å². The third-order valence-corrected chi connectivity index (χ3v) is 3.13. The first-order valence-corrected chi connectivity index (χ1v) is 6.67. The smallest absolute Gasteiger partial charge is 0.315 e. The van der Waals surface area contributed by atoms with E-state index in [0.717, 1.165) is 12.2 Å². The average Bonchev–Trinajstić information content (AvgIpc) is 2.88. The molecular formula is C15H20N2O2. The molecule has 19 heavy (non-hydrogen) atoms. The van der Waals surface area contributed by atoms with Crippen molar-refractivity contribution in [2.75, 3.05) is 19.7 Å². The third kappa shape index (κ3) is 4.02. The minimum Gasteiger partial charge on any atom is -0.492 e. The molecule has 4 nitrogen and oxygen atoms in total. The predicted molar refractivity (Wildman–Crippen MR) is 75.6 cm³/mol. The van der Waals surface area contributed by atoms with Gasteiger partial charge in [-0.1, -0.05) is 12.1 Å². The molecule has 0 fully saturated rings. The second-order valence-corrected chi connectivity index (χ2v) is 4.56. The number of urea groups is 1. The van der Waals surface area contributed by atoms with Crippen LogP contribution in [0, 0.1) is 0 Å². The van der Waals surface area contributed by atoms with Crippen LogP contribution >= 0.6 is 0 Å². The number of amides is 2. The zero-order valence-electron chi connectivity index (χ0n) is 11.1. The van der Waals surface area contributed by atoms with Gasteiger partial charge in [0.25, 0.3) is 0 Å². The van der Waals surface area contributed by atoms with Crippen molar-refractivity contribution in [1.82, 2.24) is 10.6 Å². The summed E-state index contributed by atoms with van der Waals surface area (Å²) in [5.41, 5.74) is 2.84. The summed E-state index contributed by atoms with van der Waals surface area (Å²) in [4.78, 5) is 11.2. The maximum absolute atomic E-state index is 11.2. The molecule has 2 amide bonds. The summed E-state index contributed by atoms with van der Waals surface area (Å²) in [6, 6.07) is 6.06. The van der Waals surface area contributed by atoms with Crippen LogP contribution in [0.4, 0.5) is 4.79 Å². The number of benzene rings is 1. The number of fused-ring (bicyclic) bond motifs is 1. The monoisotopic (exact) mass is 260 g/mol. The molecule has 2 N–H and O–H groups in total. The Balaban J connectivity index is 1.68. The van der Waals surface area contributed by atoms with E-state index >= 15 is 0 Å². The van der Waals surface area contributed by atoms with E-state index in [0.29, 0.717) is 19.7 Å². The second-order valence-electron chi connectivity index (χ2n) is 4.56. The highest BCUT2D eigenvalue weighted by Gasteiger charge is 2.10. The normalized spacial score (nSPS) is 12.6. The van der Waals surface area contributed by atoms with Crippen LogP contribution in [0.3, 0.4) is 0 Å². The molecule has 0 spiro atoms. The van der Waals surface area contributed by atoms with Gasteiger partial charge in [0.1, 0.15) is 12.4 Å². The summed E-state index contributed by atoms with van der Waals surface area (Å²) in [5.74, 6) is 0.883. The van der Waals surface area contributed by atoms with Gasteiger partial charge in [-0.15, -0.1) is 6.58 Å². The predicted octanol–water partition coefficient (Wildman–Crippen LogP) is 2.04. The molecule has 1 aliphatic carbocycles. The third-order valence-electron chi connectivity index (χ3n) is 3.13. The van der Waals surface area contributed by atoms with E-state index in [1.165, 1.54) is 24.0 Å². The number of rotatable bonds is 6. The molecule has 1 aliphatic rings. The summed E-state index contributed by atoms with van der Waals surface area (Å²) in [7, 11) is 0. The van der Waals surface area contributed by atoms with Crippen molar-refractivity contribution in [2.24, 2.45) is 0 Å². The van der Waals surface area contributed by atoms with Crippen LogP contribution in [0.15, 0.2) is 30.9 Å². The SMILES string of the molecule is C=CCNC(=O)NCCOc1ccc2c(c1)CCC2. The highest BCUT2D eigenvalue weighted by atomic mass is 16.5. The molecule has 102 valence electrons. The number of hydrogen-bond acceptors (Lipinski definition) is 2. The number of hydrogen-bond donors (Lipinski definition) is 2. The molecule has 0 atom stereocenters. The first-order valence-electron chi connectivity index (χ1n) is 6.67. The van der Waals surface area contributed by atoms with Crippen LogP contribution in [0.25, 0.3) is 0 Å². The van der Waals surface area contributed by atoms with Gasteiger partial charge in [0.05, 0.1) is 6.54 Å². The van der Waals surface area contributed by atoms with Crippen LogP contribution in [-0.4, -0.2) is 25.7 Å². The number of aryl methyl sites for hydroxylation is 2. The molecule has 0 bridgehead atoms. The van der Waals surface area contributed by atoms with Crippen LogP contribution in [0.2, 0.25) is 0 Å².